The molecule has 11 heteroatoms. The lowest BCUT2D eigenvalue weighted by Gasteiger charge is -2.19. The number of nitrogens with zero attached hydrogens (tertiary/aromatic N) is 2. The summed E-state index contributed by atoms with van der Waals surface area (Å²) < 4.78 is 56.0. The van der Waals surface area contributed by atoms with Gasteiger partial charge >= 0.3 is 11.9 Å². The molecule has 0 amide bonds. The fourth-order valence-corrected chi connectivity index (χ4v) is 4.04. The number of aromatic nitrogens is 2. The van der Waals surface area contributed by atoms with Crippen molar-refractivity contribution in [2.45, 2.75) is 31.7 Å². The normalized spacial score (nSPS) is 12.7. The van der Waals surface area contributed by atoms with Crippen LogP contribution in [0.2, 0.25) is 0 Å². The maximum atomic E-state index is 14.3. The van der Waals surface area contributed by atoms with Crippen molar-refractivity contribution < 1.29 is 22.7 Å². The van der Waals surface area contributed by atoms with Crippen LogP contribution in [0, 0.1) is 5.82 Å². The summed E-state index contributed by atoms with van der Waals surface area (Å²) in [7, 11) is 1.65. The van der Waals surface area contributed by atoms with E-state index in [1.54, 1.807) is 25.2 Å². The molecule has 0 fully saturated rings. The summed E-state index contributed by atoms with van der Waals surface area (Å²) in [5.74, 6) is -1.07. The van der Waals surface area contributed by atoms with Gasteiger partial charge in [0.15, 0.2) is 0 Å². The minimum absolute atomic E-state index is 0.0371. The predicted octanol–water partition coefficient (Wildman–Crippen LogP) is 4.04. The number of halogens is 5. The van der Waals surface area contributed by atoms with Gasteiger partial charge in [-0.2, -0.15) is 13.2 Å². The fourth-order valence-electron chi connectivity index (χ4n) is 3.58. The number of para-hydroxylation sites is 1. The average molecular weight is 530 g/mol. The van der Waals surface area contributed by atoms with E-state index in [1.807, 2.05) is 0 Å². The number of phenolic OH excluding ortho intramolecular Hbond substituents is 1. The number of benzene rings is 2. The van der Waals surface area contributed by atoms with Gasteiger partial charge in [0.1, 0.15) is 11.6 Å². The van der Waals surface area contributed by atoms with Crippen LogP contribution in [-0.4, -0.2) is 21.3 Å². The molecule has 0 bridgehead atoms. The second kappa shape index (κ2) is 9.92. The molecule has 3 aromatic rings. The lowest BCUT2D eigenvalue weighted by Crippen LogP contribution is -2.41. The minimum Gasteiger partial charge on any atom is -0.508 e. The van der Waals surface area contributed by atoms with Gasteiger partial charge in [-0.1, -0.05) is 24.3 Å². The smallest absolute Gasteiger partial charge is 0.416 e. The summed E-state index contributed by atoms with van der Waals surface area (Å²) in [5.41, 5.74) is -2.89. The number of phenols is 1. The molecule has 0 aliphatic rings. The molecule has 6 nitrogen and oxygen atoms in total. The molecule has 0 aliphatic carbocycles. The van der Waals surface area contributed by atoms with Crippen molar-refractivity contribution in [1.29, 1.82) is 0 Å². The van der Waals surface area contributed by atoms with Crippen molar-refractivity contribution in [3.63, 3.8) is 0 Å². The molecule has 1 atom stereocenters. The molecule has 0 saturated heterocycles. The molecule has 0 spiro atoms. The second-order valence-corrected chi connectivity index (χ2v) is 8.15. The first-order chi connectivity index (χ1) is 15.5. The van der Waals surface area contributed by atoms with E-state index in [0.29, 0.717) is 5.56 Å². The zero-order valence-corrected chi connectivity index (χ0v) is 19.0. The summed E-state index contributed by atoms with van der Waals surface area (Å²) in [5, 5.41) is 13.1. The Morgan fingerprint density at radius 3 is 2.45 bits per heavy atom. The number of alkyl halides is 3. The van der Waals surface area contributed by atoms with Crippen LogP contribution >= 0.6 is 15.9 Å². The van der Waals surface area contributed by atoms with Crippen LogP contribution < -0.4 is 16.6 Å². The molecule has 0 radical (unpaired) electrons. The Kier molecular flexibility index (Phi) is 7.43. The first kappa shape index (κ1) is 24.7. The van der Waals surface area contributed by atoms with E-state index in [0.717, 1.165) is 33.5 Å². The molecule has 1 aromatic heterocycles. The highest BCUT2D eigenvalue weighted by molar-refractivity contribution is 9.10. The van der Waals surface area contributed by atoms with Crippen molar-refractivity contribution in [1.82, 2.24) is 14.5 Å². The van der Waals surface area contributed by atoms with E-state index in [1.165, 1.54) is 6.07 Å². The molecule has 0 unspecified atom stereocenters. The standard InChI is InChI=1S/C22H20BrF4N3O3/c1-28-18(13-5-2-3-8-19(13)31)9-10-30-20(32)16(23)12-29(21(30)33)11-14-15(22(25,26)27)6-4-7-17(14)24/h2-8,12,18,28,31H,9-11H2,1H3/t18-/m0/s1. The Morgan fingerprint density at radius 1 is 1.12 bits per heavy atom. The minimum atomic E-state index is -4.82. The monoisotopic (exact) mass is 529 g/mol. The van der Waals surface area contributed by atoms with Crippen LogP contribution in [0.5, 0.6) is 5.75 Å². The summed E-state index contributed by atoms with van der Waals surface area (Å²) in [6.45, 7) is -0.811. The number of aromatic hydroxyl groups is 1. The molecular weight excluding hydrogens is 510 g/mol. The lowest BCUT2D eigenvalue weighted by atomic mass is 10.0. The third-order valence-electron chi connectivity index (χ3n) is 5.25. The van der Waals surface area contributed by atoms with E-state index >= 15 is 0 Å². The predicted molar refractivity (Wildman–Crippen MR) is 118 cm³/mol. The largest absolute Gasteiger partial charge is 0.508 e. The molecule has 0 saturated carbocycles. The maximum Gasteiger partial charge on any atom is 0.416 e. The third kappa shape index (κ3) is 5.36. The zero-order valence-electron chi connectivity index (χ0n) is 17.4. The van der Waals surface area contributed by atoms with Crippen molar-refractivity contribution in [3.05, 3.63) is 96.5 Å². The maximum absolute atomic E-state index is 14.3. The Bertz CT molecular complexity index is 1270. The molecule has 2 N–H and O–H groups in total. The fraction of sp³-hybridized carbons (Fsp3) is 0.273. The van der Waals surface area contributed by atoms with Crippen LogP contribution in [0.15, 0.2) is 62.7 Å². The quantitative estimate of drug-likeness (QED) is 0.453. The lowest BCUT2D eigenvalue weighted by molar-refractivity contribution is -0.138. The number of nitrogens with one attached hydrogen (secondary N) is 1. The van der Waals surface area contributed by atoms with Crippen LogP contribution in [-0.2, 0) is 19.3 Å². The SMILES string of the molecule is CN[C@@H](CCn1c(=O)c(Br)cn(Cc2c(F)cccc2C(F)(F)F)c1=O)c1ccccc1O. The van der Waals surface area contributed by atoms with Gasteiger partial charge < -0.3 is 10.4 Å². The Hall–Kier alpha value is -2.92. The Balaban J connectivity index is 1.98. The van der Waals surface area contributed by atoms with Gasteiger partial charge in [-0.15, -0.1) is 0 Å². The highest BCUT2D eigenvalue weighted by Crippen LogP contribution is 2.33. The number of hydrogen-bond donors (Lipinski definition) is 2. The summed E-state index contributed by atoms with van der Waals surface area (Å²) >= 11 is 3.04. The number of rotatable bonds is 7. The van der Waals surface area contributed by atoms with Gasteiger partial charge in [0, 0.05) is 29.9 Å². The third-order valence-corrected chi connectivity index (χ3v) is 5.79. The van der Waals surface area contributed by atoms with Crippen molar-refractivity contribution in [2.24, 2.45) is 0 Å². The van der Waals surface area contributed by atoms with Gasteiger partial charge in [0.2, 0.25) is 0 Å². The van der Waals surface area contributed by atoms with Crippen molar-refractivity contribution >= 4 is 15.9 Å². The topological polar surface area (TPSA) is 76.3 Å². The van der Waals surface area contributed by atoms with Gasteiger partial charge in [-0.05, 0) is 47.6 Å². The van der Waals surface area contributed by atoms with Gasteiger partial charge in [0.25, 0.3) is 5.56 Å². The summed E-state index contributed by atoms with van der Waals surface area (Å²) in [4.78, 5) is 25.5. The second-order valence-electron chi connectivity index (χ2n) is 7.30. The Labute approximate surface area is 194 Å². The first-order valence-corrected chi connectivity index (χ1v) is 10.6. The molecule has 33 heavy (non-hydrogen) atoms. The molecular formula is C22H20BrF4N3O3. The van der Waals surface area contributed by atoms with Crippen LogP contribution in [0.1, 0.15) is 29.2 Å². The van der Waals surface area contributed by atoms with Gasteiger partial charge in [0.05, 0.1) is 16.6 Å². The van der Waals surface area contributed by atoms with E-state index in [-0.39, 0.29) is 23.2 Å². The Morgan fingerprint density at radius 2 is 1.82 bits per heavy atom. The summed E-state index contributed by atoms with van der Waals surface area (Å²) in [6.07, 6.45) is -3.55. The highest BCUT2D eigenvalue weighted by Gasteiger charge is 2.34. The molecule has 2 aromatic carbocycles. The van der Waals surface area contributed by atoms with E-state index < -0.39 is 47.0 Å². The van der Waals surface area contributed by atoms with Crippen molar-refractivity contribution in [2.75, 3.05) is 7.05 Å². The average Bonchev–Trinajstić information content (AvgIpc) is 2.76. The van der Waals surface area contributed by atoms with Crippen LogP contribution in [0.4, 0.5) is 17.6 Å². The molecule has 1 heterocycles. The van der Waals surface area contributed by atoms with E-state index in [9.17, 15) is 32.3 Å². The zero-order chi connectivity index (χ0) is 24.3. The summed E-state index contributed by atoms with van der Waals surface area (Å²) in [6, 6.07) is 8.72. The molecule has 0 aliphatic heterocycles. The van der Waals surface area contributed by atoms with E-state index in [4.69, 9.17) is 0 Å². The van der Waals surface area contributed by atoms with Crippen molar-refractivity contribution in [3.8, 4) is 5.75 Å². The first-order valence-electron chi connectivity index (χ1n) is 9.84. The van der Waals surface area contributed by atoms with Crippen LogP contribution in [0.3, 0.4) is 0 Å². The number of hydrogen-bond acceptors (Lipinski definition) is 4. The van der Waals surface area contributed by atoms with Gasteiger partial charge in [-0.3, -0.25) is 13.9 Å². The molecule has 176 valence electrons. The van der Waals surface area contributed by atoms with Gasteiger partial charge in [-0.25, -0.2) is 9.18 Å². The highest BCUT2D eigenvalue weighted by atomic mass is 79.9. The molecule has 3 rings (SSSR count). The van der Waals surface area contributed by atoms with Crippen LogP contribution in [0.25, 0.3) is 0 Å². The van der Waals surface area contributed by atoms with E-state index in [2.05, 4.69) is 21.2 Å².